The van der Waals surface area contributed by atoms with Crippen LogP contribution in [0.2, 0.25) is 0 Å². The average Bonchev–Trinajstić information content (AvgIpc) is 2.12. The summed E-state index contributed by atoms with van der Waals surface area (Å²) < 4.78 is 0. The summed E-state index contributed by atoms with van der Waals surface area (Å²) in [6.07, 6.45) is 4.16. The van der Waals surface area contributed by atoms with Crippen LogP contribution in [0.25, 0.3) is 0 Å². The summed E-state index contributed by atoms with van der Waals surface area (Å²) in [5.41, 5.74) is 0.962. The highest BCUT2D eigenvalue weighted by Crippen LogP contribution is 2.18. The zero-order valence-electron chi connectivity index (χ0n) is 9.50. The van der Waals surface area contributed by atoms with Gasteiger partial charge in [0.15, 0.2) is 0 Å². The molecule has 0 bridgehead atoms. The van der Waals surface area contributed by atoms with E-state index in [1.807, 2.05) is 0 Å². The van der Waals surface area contributed by atoms with Gasteiger partial charge in [0, 0.05) is 0 Å². The molecular weight excluding hydrogens is 160 g/mol. The molecule has 0 aliphatic carbocycles. The predicted molar refractivity (Wildman–Crippen MR) is 57.6 cm³/mol. The van der Waals surface area contributed by atoms with Crippen LogP contribution in [-0.2, 0) is 4.79 Å². The van der Waals surface area contributed by atoms with E-state index < -0.39 is 0 Å². The van der Waals surface area contributed by atoms with Crippen LogP contribution >= 0.6 is 0 Å². The highest BCUT2D eigenvalue weighted by molar-refractivity contribution is 5.73. The Balaban J connectivity index is 4.46. The van der Waals surface area contributed by atoms with Crippen molar-refractivity contribution >= 4 is 6.29 Å². The van der Waals surface area contributed by atoms with Crippen molar-refractivity contribution < 1.29 is 4.79 Å². The SMILES string of the molecule is CCC(C)/C(C=O)=C/C(C)C(C)C. The minimum Gasteiger partial charge on any atom is -0.298 e. The molecule has 1 heteroatoms. The van der Waals surface area contributed by atoms with Crippen LogP contribution in [0, 0.1) is 17.8 Å². The van der Waals surface area contributed by atoms with Crippen molar-refractivity contribution in [1.29, 1.82) is 0 Å². The molecule has 0 aliphatic rings. The maximum Gasteiger partial charge on any atom is 0.145 e. The van der Waals surface area contributed by atoms with Gasteiger partial charge in [0.25, 0.3) is 0 Å². The summed E-state index contributed by atoms with van der Waals surface area (Å²) in [5, 5.41) is 0. The molecule has 0 rings (SSSR count). The van der Waals surface area contributed by atoms with Gasteiger partial charge in [-0.05, 0) is 29.7 Å². The van der Waals surface area contributed by atoms with Gasteiger partial charge in [-0.2, -0.15) is 0 Å². The van der Waals surface area contributed by atoms with Gasteiger partial charge in [-0.3, -0.25) is 4.79 Å². The Bertz CT molecular complexity index is 180. The monoisotopic (exact) mass is 182 g/mol. The first-order valence-electron chi connectivity index (χ1n) is 5.19. The van der Waals surface area contributed by atoms with Gasteiger partial charge >= 0.3 is 0 Å². The zero-order chi connectivity index (χ0) is 10.4. The third-order valence-electron chi connectivity index (χ3n) is 2.82. The highest BCUT2D eigenvalue weighted by Gasteiger charge is 2.09. The van der Waals surface area contributed by atoms with Crippen LogP contribution in [0.15, 0.2) is 11.6 Å². The molecule has 0 amide bonds. The van der Waals surface area contributed by atoms with Crippen LogP contribution in [-0.4, -0.2) is 6.29 Å². The van der Waals surface area contributed by atoms with E-state index >= 15 is 0 Å². The lowest BCUT2D eigenvalue weighted by Crippen LogP contribution is -2.06. The van der Waals surface area contributed by atoms with Crippen LogP contribution in [0.1, 0.15) is 41.0 Å². The second kappa shape index (κ2) is 5.95. The second-order valence-electron chi connectivity index (χ2n) is 4.20. The number of aldehydes is 1. The van der Waals surface area contributed by atoms with Crippen molar-refractivity contribution in [2.45, 2.75) is 41.0 Å². The maximum atomic E-state index is 10.8. The first-order chi connectivity index (χ1) is 6.02. The minimum atomic E-state index is 0.402. The fourth-order valence-electron chi connectivity index (χ4n) is 1.05. The molecular formula is C12H22O. The second-order valence-corrected chi connectivity index (χ2v) is 4.20. The molecule has 0 spiro atoms. The predicted octanol–water partition coefficient (Wildman–Crippen LogP) is 3.45. The van der Waals surface area contributed by atoms with Crippen LogP contribution < -0.4 is 0 Å². The molecule has 76 valence electrons. The van der Waals surface area contributed by atoms with Gasteiger partial charge in [0.1, 0.15) is 6.29 Å². The Labute approximate surface area is 82.2 Å². The fraction of sp³-hybridized carbons (Fsp3) is 0.750. The van der Waals surface area contributed by atoms with Crippen molar-refractivity contribution in [2.75, 3.05) is 0 Å². The summed E-state index contributed by atoms with van der Waals surface area (Å²) in [5.74, 6) is 1.51. The molecule has 0 radical (unpaired) electrons. The van der Waals surface area contributed by atoms with Crippen molar-refractivity contribution in [1.82, 2.24) is 0 Å². The molecule has 0 aromatic rings. The number of hydrogen-bond donors (Lipinski definition) is 0. The van der Waals surface area contributed by atoms with Gasteiger partial charge < -0.3 is 0 Å². The van der Waals surface area contributed by atoms with Gasteiger partial charge in [-0.25, -0.2) is 0 Å². The largest absolute Gasteiger partial charge is 0.298 e. The van der Waals surface area contributed by atoms with E-state index in [0.717, 1.165) is 18.3 Å². The Kier molecular flexibility index (Phi) is 5.68. The van der Waals surface area contributed by atoms with Gasteiger partial charge in [0.05, 0.1) is 0 Å². The van der Waals surface area contributed by atoms with E-state index in [2.05, 4.69) is 40.7 Å². The third-order valence-corrected chi connectivity index (χ3v) is 2.82. The number of allylic oxidation sites excluding steroid dienone is 2. The Morgan fingerprint density at radius 2 is 1.77 bits per heavy atom. The Morgan fingerprint density at radius 1 is 1.23 bits per heavy atom. The molecule has 0 aromatic carbocycles. The number of rotatable bonds is 5. The molecule has 1 nitrogen and oxygen atoms in total. The molecule has 0 saturated carbocycles. The average molecular weight is 182 g/mol. The summed E-state index contributed by atoms with van der Waals surface area (Å²) in [6, 6.07) is 0. The van der Waals surface area contributed by atoms with Gasteiger partial charge in [0.2, 0.25) is 0 Å². The highest BCUT2D eigenvalue weighted by atomic mass is 16.1. The molecule has 0 aliphatic heterocycles. The number of hydrogen-bond acceptors (Lipinski definition) is 1. The molecule has 13 heavy (non-hydrogen) atoms. The van der Waals surface area contributed by atoms with Gasteiger partial charge in [-0.1, -0.05) is 40.7 Å². The topological polar surface area (TPSA) is 17.1 Å². The molecule has 2 atom stereocenters. The zero-order valence-corrected chi connectivity index (χ0v) is 9.50. The standard InChI is InChI=1S/C12H22O/c1-6-10(4)12(8-13)7-11(5)9(2)3/h7-11H,6H2,1-5H3/b12-7+. The van der Waals surface area contributed by atoms with E-state index in [9.17, 15) is 4.79 Å². The van der Waals surface area contributed by atoms with E-state index in [1.54, 1.807) is 0 Å². The van der Waals surface area contributed by atoms with Crippen molar-refractivity contribution in [3.05, 3.63) is 11.6 Å². The van der Waals surface area contributed by atoms with Crippen LogP contribution in [0.5, 0.6) is 0 Å². The lowest BCUT2D eigenvalue weighted by atomic mass is 9.91. The molecule has 2 unspecified atom stereocenters. The van der Waals surface area contributed by atoms with E-state index in [1.165, 1.54) is 0 Å². The number of carbonyl (C=O) groups excluding carboxylic acids is 1. The molecule has 0 heterocycles. The lowest BCUT2D eigenvalue weighted by Gasteiger charge is -2.14. The summed E-state index contributed by atoms with van der Waals surface area (Å²) >= 11 is 0. The molecule has 0 saturated heterocycles. The van der Waals surface area contributed by atoms with Crippen molar-refractivity contribution in [3.8, 4) is 0 Å². The first kappa shape index (κ1) is 12.4. The molecule has 0 aromatic heterocycles. The van der Waals surface area contributed by atoms with Crippen molar-refractivity contribution in [2.24, 2.45) is 17.8 Å². The smallest absolute Gasteiger partial charge is 0.145 e. The third kappa shape index (κ3) is 4.25. The quantitative estimate of drug-likeness (QED) is 0.470. The summed E-state index contributed by atoms with van der Waals surface area (Å²) in [7, 11) is 0. The molecule has 0 fully saturated rings. The first-order valence-corrected chi connectivity index (χ1v) is 5.19. The Morgan fingerprint density at radius 3 is 2.08 bits per heavy atom. The lowest BCUT2D eigenvalue weighted by molar-refractivity contribution is -0.105. The van der Waals surface area contributed by atoms with Crippen LogP contribution in [0.4, 0.5) is 0 Å². The maximum absolute atomic E-state index is 10.8. The normalized spacial score (nSPS) is 17.2. The number of carbonyl (C=O) groups is 1. The van der Waals surface area contributed by atoms with Crippen molar-refractivity contribution in [3.63, 3.8) is 0 Å². The van der Waals surface area contributed by atoms with E-state index in [-0.39, 0.29) is 0 Å². The molecule has 0 N–H and O–H groups in total. The van der Waals surface area contributed by atoms with E-state index in [4.69, 9.17) is 0 Å². The van der Waals surface area contributed by atoms with Crippen LogP contribution in [0.3, 0.4) is 0 Å². The fourth-order valence-corrected chi connectivity index (χ4v) is 1.05. The van der Waals surface area contributed by atoms with Gasteiger partial charge in [-0.15, -0.1) is 0 Å². The van der Waals surface area contributed by atoms with E-state index in [0.29, 0.717) is 17.8 Å². The summed E-state index contributed by atoms with van der Waals surface area (Å²) in [4.78, 5) is 10.8. The Hall–Kier alpha value is -0.590. The summed E-state index contributed by atoms with van der Waals surface area (Å²) in [6.45, 7) is 10.7. The minimum absolute atomic E-state index is 0.402.